The molecule has 1 N–H and O–H groups in total. The van der Waals surface area contributed by atoms with Gasteiger partial charge in [0.2, 0.25) is 0 Å². The van der Waals surface area contributed by atoms with Crippen molar-refractivity contribution < 1.29 is 14.3 Å². The van der Waals surface area contributed by atoms with Gasteiger partial charge in [-0.1, -0.05) is 18.2 Å². The number of halogens is 1. The summed E-state index contributed by atoms with van der Waals surface area (Å²) in [6, 6.07) is 12.9. The minimum Gasteiger partial charge on any atom is -0.483 e. The predicted molar refractivity (Wildman–Crippen MR) is 121 cm³/mol. The van der Waals surface area contributed by atoms with Crippen molar-refractivity contribution in [2.24, 2.45) is 0 Å². The first kappa shape index (κ1) is 21.5. The Morgan fingerprint density at radius 1 is 1.32 bits per heavy atom. The SMILES string of the molecule is Cc1ccc(OCC(=O)N(Cc2nc3ccccc3c(=O)[nH]2)CC2CCCO2)c(Br)c1. The molecule has 162 valence electrons. The summed E-state index contributed by atoms with van der Waals surface area (Å²) in [6.45, 7) is 3.17. The lowest BCUT2D eigenvalue weighted by Gasteiger charge is -2.25. The molecule has 8 heteroatoms. The van der Waals surface area contributed by atoms with Crippen LogP contribution < -0.4 is 10.3 Å². The number of amides is 1. The topological polar surface area (TPSA) is 84.5 Å². The van der Waals surface area contributed by atoms with Gasteiger partial charge < -0.3 is 19.4 Å². The van der Waals surface area contributed by atoms with Crippen LogP contribution in [0, 0.1) is 6.92 Å². The van der Waals surface area contributed by atoms with Gasteiger partial charge in [-0.3, -0.25) is 9.59 Å². The van der Waals surface area contributed by atoms with Crippen molar-refractivity contribution in [3.05, 3.63) is 68.7 Å². The fraction of sp³-hybridized carbons (Fsp3) is 0.348. The lowest BCUT2D eigenvalue weighted by atomic mass is 10.2. The normalized spacial score (nSPS) is 15.9. The van der Waals surface area contributed by atoms with Gasteiger partial charge in [0.15, 0.2) is 6.61 Å². The Morgan fingerprint density at radius 3 is 2.94 bits per heavy atom. The molecule has 1 unspecified atom stereocenters. The van der Waals surface area contributed by atoms with E-state index in [4.69, 9.17) is 9.47 Å². The number of H-pyrrole nitrogens is 1. The molecule has 0 spiro atoms. The first-order valence-electron chi connectivity index (χ1n) is 10.3. The molecule has 4 rings (SSSR count). The summed E-state index contributed by atoms with van der Waals surface area (Å²) in [5, 5.41) is 0.524. The lowest BCUT2D eigenvalue weighted by Crippen LogP contribution is -2.40. The molecule has 0 radical (unpaired) electrons. The van der Waals surface area contributed by atoms with E-state index in [0.717, 1.165) is 22.9 Å². The van der Waals surface area contributed by atoms with Crippen LogP contribution >= 0.6 is 15.9 Å². The van der Waals surface area contributed by atoms with Crippen LogP contribution in [0.4, 0.5) is 0 Å². The zero-order valence-corrected chi connectivity index (χ0v) is 18.9. The van der Waals surface area contributed by atoms with Crippen LogP contribution in [0.15, 0.2) is 51.7 Å². The number of hydrogen-bond donors (Lipinski definition) is 1. The van der Waals surface area contributed by atoms with Crippen LogP contribution in [0.3, 0.4) is 0 Å². The zero-order valence-electron chi connectivity index (χ0n) is 17.3. The van der Waals surface area contributed by atoms with Gasteiger partial charge in [0, 0.05) is 13.2 Å². The zero-order chi connectivity index (χ0) is 21.8. The number of benzene rings is 2. The van der Waals surface area contributed by atoms with Crippen molar-refractivity contribution in [3.8, 4) is 5.75 Å². The van der Waals surface area contributed by atoms with Crippen molar-refractivity contribution in [1.82, 2.24) is 14.9 Å². The number of fused-ring (bicyclic) bond motifs is 1. The highest BCUT2D eigenvalue weighted by Crippen LogP contribution is 2.26. The average Bonchev–Trinajstić information content (AvgIpc) is 3.26. The Kier molecular flexibility index (Phi) is 6.67. The average molecular weight is 486 g/mol. The number of rotatable bonds is 7. The minimum atomic E-state index is -0.218. The number of nitrogens with one attached hydrogen (secondary N) is 1. The van der Waals surface area contributed by atoms with Gasteiger partial charge in [-0.15, -0.1) is 0 Å². The van der Waals surface area contributed by atoms with E-state index in [1.54, 1.807) is 23.1 Å². The summed E-state index contributed by atoms with van der Waals surface area (Å²) in [5.41, 5.74) is 1.48. The van der Waals surface area contributed by atoms with Crippen molar-refractivity contribution in [3.63, 3.8) is 0 Å². The third-order valence-electron chi connectivity index (χ3n) is 5.24. The van der Waals surface area contributed by atoms with E-state index in [1.807, 2.05) is 31.2 Å². The Morgan fingerprint density at radius 2 is 2.16 bits per heavy atom. The largest absolute Gasteiger partial charge is 0.483 e. The van der Waals surface area contributed by atoms with E-state index in [0.29, 0.717) is 35.6 Å². The molecule has 0 bridgehead atoms. The molecule has 31 heavy (non-hydrogen) atoms. The fourth-order valence-corrected chi connectivity index (χ4v) is 4.24. The Hall–Kier alpha value is -2.71. The monoisotopic (exact) mass is 485 g/mol. The predicted octanol–water partition coefficient (Wildman–Crippen LogP) is 3.58. The summed E-state index contributed by atoms with van der Waals surface area (Å²) in [7, 11) is 0. The van der Waals surface area contributed by atoms with Crippen LogP contribution in [-0.2, 0) is 16.1 Å². The second-order valence-corrected chi connectivity index (χ2v) is 8.52. The highest BCUT2D eigenvalue weighted by atomic mass is 79.9. The number of carbonyl (C=O) groups excluding carboxylic acids is 1. The molecule has 1 fully saturated rings. The summed E-state index contributed by atoms with van der Waals surface area (Å²) in [4.78, 5) is 34.4. The summed E-state index contributed by atoms with van der Waals surface area (Å²) < 4.78 is 12.3. The van der Waals surface area contributed by atoms with Crippen molar-refractivity contribution in [2.75, 3.05) is 19.8 Å². The first-order chi connectivity index (χ1) is 15.0. The second kappa shape index (κ2) is 9.62. The summed E-state index contributed by atoms with van der Waals surface area (Å²) in [5.74, 6) is 0.846. The number of aryl methyl sites for hydroxylation is 1. The fourth-order valence-electron chi connectivity index (χ4n) is 3.63. The Bertz CT molecular complexity index is 1140. The molecule has 1 aromatic heterocycles. The molecule has 1 amide bonds. The number of aromatic nitrogens is 2. The highest BCUT2D eigenvalue weighted by Gasteiger charge is 2.24. The molecular formula is C23H24BrN3O4. The lowest BCUT2D eigenvalue weighted by molar-refractivity contribution is -0.135. The number of ether oxygens (including phenoxy) is 2. The van der Waals surface area contributed by atoms with Crippen LogP contribution in [0.2, 0.25) is 0 Å². The standard InChI is InChI=1S/C23H24BrN3O4/c1-15-8-9-20(18(24)11-15)31-14-22(28)27(12-16-5-4-10-30-16)13-21-25-19-7-3-2-6-17(19)23(29)26-21/h2-3,6-9,11,16H,4-5,10,12-14H2,1H3,(H,25,26,29). The maximum atomic E-state index is 13.0. The molecule has 1 aliphatic rings. The van der Waals surface area contributed by atoms with Gasteiger partial charge >= 0.3 is 0 Å². The third kappa shape index (κ3) is 5.32. The smallest absolute Gasteiger partial charge is 0.261 e. The molecule has 1 aliphatic heterocycles. The molecular weight excluding hydrogens is 462 g/mol. The molecule has 3 aromatic rings. The first-order valence-corrected chi connectivity index (χ1v) is 11.0. The molecule has 2 aromatic carbocycles. The molecule has 0 saturated carbocycles. The van der Waals surface area contributed by atoms with Gasteiger partial charge in [0.25, 0.3) is 11.5 Å². The second-order valence-electron chi connectivity index (χ2n) is 7.66. The van der Waals surface area contributed by atoms with E-state index in [1.165, 1.54) is 0 Å². The van der Waals surface area contributed by atoms with Crippen molar-refractivity contribution >= 4 is 32.7 Å². The van der Waals surface area contributed by atoms with E-state index in [9.17, 15) is 9.59 Å². The maximum absolute atomic E-state index is 13.0. The van der Waals surface area contributed by atoms with Crippen molar-refractivity contribution in [1.29, 1.82) is 0 Å². The van der Waals surface area contributed by atoms with Gasteiger partial charge in [-0.2, -0.15) is 0 Å². The quantitative estimate of drug-likeness (QED) is 0.552. The van der Waals surface area contributed by atoms with Crippen molar-refractivity contribution in [2.45, 2.75) is 32.4 Å². The molecule has 1 saturated heterocycles. The molecule has 0 aliphatic carbocycles. The van der Waals surface area contributed by atoms with Gasteiger partial charge in [0.05, 0.1) is 28.0 Å². The van der Waals surface area contributed by atoms with Crippen LogP contribution in [0.5, 0.6) is 5.75 Å². The highest BCUT2D eigenvalue weighted by molar-refractivity contribution is 9.10. The maximum Gasteiger partial charge on any atom is 0.261 e. The van der Waals surface area contributed by atoms with E-state index in [2.05, 4.69) is 25.9 Å². The Balaban J connectivity index is 1.52. The van der Waals surface area contributed by atoms with Gasteiger partial charge in [-0.05, 0) is 65.5 Å². The molecule has 1 atom stereocenters. The Labute approximate surface area is 188 Å². The number of aromatic amines is 1. The van der Waals surface area contributed by atoms with E-state index < -0.39 is 0 Å². The summed E-state index contributed by atoms with van der Waals surface area (Å²) in [6.07, 6.45) is 1.85. The van der Waals surface area contributed by atoms with E-state index in [-0.39, 0.29) is 30.7 Å². The number of hydrogen-bond acceptors (Lipinski definition) is 5. The van der Waals surface area contributed by atoms with Gasteiger partial charge in [0.1, 0.15) is 11.6 Å². The van der Waals surface area contributed by atoms with E-state index >= 15 is 0 Å². The summed E-state index contributed by atoms with van der Waals surface area (Å²) >= 11 is 3.47. The third-order valence-corrected chi connectivity index (χ3v) is 5.86. The van der Waals surface area contributed by atoms with Crippen LogP contribution in [0.25, 0.3) is 10.9 Å². The minimum absolute atomic E-state index is 0.0257. The number of nitrogens with zero attached hydrogens (tertiary/aromatic N) is 2. The van der Waals surface area contributed by atoms with Crippen LogP contribution in [0.1, 0.15) is 24.2 Å². The van der Waals surface area contributed by atoms with Crippen LogP contribution in [-0.4, -0.2) is 46.6 Å². The number of carbonyl (C=O) groups is 1. The van der Waals surface area contributed by atoms with Gasteiger partial charge in [-0.25, -0.2) is 4.98 Å². The number of para-hydroxylation sites is 1. The molecule has 7 nitrogen and oxygen atoms in total. The molecule has 2 heterocycles.